The lowest BCUT2D eigenvalue weighted by atomic mass is 10.0. The van der Waals surface area contributed by atoms with Crippen LogP contribution in [0.3, 0.4) is 0 Å². The summed E-state index contributed by atoms with van der Waals surface area (Å²) >= 11 is 0. The molecule has 30 heavy (non-hydrogen) atoms. The number of carbonyl (C=O) groups is 2. The standard InChI is InChI=1S/C23H30FN3O2.ClH/c1-16(2)14-21(26-13-12-17-6-4-3-5-7-17)23(29)27-22(28)20(25)15-18-8-10-19(24)11-9-18;/h3-11,16,20-21,26H,12-15,25H2,1-2H3,(H,27,28,29);1H/t20?,21-;/m0./s1. The molecule has 2 amide bonds. The highest BCUT2D eigenvalue weighted by Crippen LogP contribution is 2.08. The van der Waals surface area contributed by atoms with Crippen molar-refractivity contribution in [1.29, 1.82) is 0 Å². The number of nitrogens with two attached hydrogens (primary N) is 1. The number of carbonyl (C=O) groups excluding carboxylic acids is 2. The summed E-state index contributed by atoms with van der Waals surface area (Å²) in [6.07, 6.45) is 1.64. The van der Waals surface area contributed by atoms with Gasteiger partial charge < -0.3 is 11.1 Å². The van der Waals surface area contributed by atoms with Crippen molar-refractivity contribution < 1.29 is 14.0 Å². The predicted octanol–water partition coefficient (Wildman–Crippen LogP) is 3.01. The molecule has 0 radical (unpaired) electrons. The van der Waals surface area contributed by atoms with Crippen LogP contribution in [0.5, 0.6) is 0 Å². The Morgan fingerprint density at radius 3 is 2.20 bits per heavy atom. The Morgan fingerprint density at radius 1 is 0.967 bits per heavy atom. The number of rotatable bonds is 10. The largest absolute Gasteiger partial charge is 0.320 e. The molecule has 5 nitrogen and oxygen atoms in total. The molecule has 0 fully saturated rings. The molecule has 164 valence electrons. The minimum atomic E-state index is -0.881. The quantitative estimate of drug-likeness (QED) is 0.535. The van der Waals surface area contributed by atoms with Gasteiger partial charge in [-0.25, -0.2) is 4.39 Å². The van der Waals surface area contributed by atoms with E-state index >= 15 is 0 Å². The second-order valence-corrected chi connectivity index (χ2v) is 7.66. The topological polar surface area (TPSA) is 84.2 Å². The molecule has 0 saturated heterocycles. The van der Waals surface area contributed by atoms with E-state index in [-0.39, 0.29) is 36.5 Å². The zero-order valence-corrected chi connectivity index (χ0v) is 18.3. The zero-order chi connectivity index (χ0) is 21.2. The molecule has 4 N–H and O–H groups in total. The van der Waals surface area contributed by atoms with E-state index in [2.05, 4.69) is 10.6 Å². The fraction of sp³-hybridized carbons (Fsp3) is 0.391. The number of halogens is 2. The molecule has 2 aromatic carbocycles. The minimum Gasteiger partial charge on any atom is -0.320 e. The van der Waals surface area contributed by atoms with Gasteiger partial charge in [0.1, 0.15) is 5.82 Å². The Balaban J connectivity index is 0.00000450. The molecular formula is C23H31ClFN3O2. The van der Waals surface area contributed by atoms with E-state index in [0.717, 1.165) is 12.0 Å². The summed E-state index contributed by atoms with van der Waals surface area (Å²) in [5, 5.41) is 5.68. The fourth-order valence-corrected chi connectivity index (χ4v) is 3.06. The smallest absolute Gasteiger partial charge is 0.243 e. The molecule has 0 saturated carbocycles. The van der Waals surface area contributed by atoms with Crippen molar-refractivity contribution in [3.63, 3.8) is 0 Å². The Hall–Kier alpha value is -2.28. The van der Waals surface area contributed by atoms with Crippen molar-refractivity contribution in [2.24, 2.45) is 11.7 Å². The van der Waals surface area contributed by atoms with Crippen LogP contribution in [0.25, 0.3) is 0 Å². The van der Waals surface area contributed by atoms with E-state index in [0.29, 0.717) is 13.0 Å². The van der Waals surface area contributed by atoms with Crippen LogP contribution in [0.2, 0.25) is 0 Å². The van der Waals surface area contributed by atoms with Gasteiger partial charge in [0.05, 0.1) is 12.1 Å². The van der Waals surface area contributed by atoms with Crippen molar-refractivity contribution >= 4 is 24.2 Å². The molecule has 0 bridgehead atoms. The summed E-state index contributed by atoms with van der Waals surface area (Å²) < 4.78 is 13.0. The predicted molar refractivity (Wildman–Crippen MR) is 120 cm³/mol. The van der Waals surface area contributed by atoms with Gasteiger partial charge in [-0.1, -0.05) is 56.3 Å². The van der Waals surface area contributed by atoms with Crippen LogP contribution in [-0.2, 0) is 22.4 Å². The first-order valence-electron chi connectivity index (χ1n) is 9.97. The lowest BCUT2D eigenvalue weighted by Crippen LogP contribution is -2.52. The maximum absolute atomic E-state index is 13.0. The number of nitrogens with one attached hydrogen (secondary N) is 2. The van der Waals surface area contributed by atoms with Crippen molar-refractivity contribution in [2.75, 3.05) is 6.54 Å². The molecule has 0 spiro atoms. The molecule has 0 aliphatic carbocycles. The zero-order valence-electron chi connectivity index (χ0n) is 17.4. The normalized spacial score (nSPS) is 12.7. The lowest BCUT2D eigenvalue weighted by Gasteiger charge is -2.21. The SMILES string of the molecule is CC(C)C[C@H](NCCc1ccccc1)C(=O)NC(=O)C(N)Cc1ccc(F)cc1.Cl. The van der Waals surface area contributed by atoms with E-state index in [4.69, 9.17) is 5.73 Å². The summed E-state index contributed by atoms with van der Waals surface area (Å²) in [5.41, 5.74) is 7.85. The van der Waals surface area contributed by atoms with Crippen molar-refractivity contribution in [1.82, 2.24) is 10.6 Å². The van der Waals surface area contributed by atoms with Crippen LogP contribution < -0.4 is 16.4 Å². The second kappa shape index (κ2) is 13.1. The number of hydrogen-bond donors (Lipinski definition) is 3. The van der Waals surface area contributed by atoms with Crippen LogP contribution in [0.15, 0.2) is 54.6 Å². The van der Waals surface area contributed by atoms with Crippen molar-refractivity contribution in [3.05, 3.63) is 71.5 Å². The third kappa shape index (κ3) is 9.03. The third-order valence-corrected chi connectivity index (χ3v) is 4.62. The van der Waals surface area contributed by atoms with Crippen LogP contribution in [0, 0.1) is 11.7 Å². The van der Waals surface area contributed by atoms with Crippen LogP contribution in [-0.4, -0.2) is 30.4 Å². The van der Waals surface area contributed by atoms with Gasteiger partial charge in [0.2, 0.25) is 11.8 Å². The number of imide groups is 1. The van der Waals surface area contributed by atoms with E-state index in [9.17, 15) is 14.0 Å². The number of amides is 2. The second-order valence-electron chi connectivity index (χ2n) is 7.66. The summed E-state index contributed by atoms with van der Waals surface area (Å²) in [4.78, 5) is 25.0. The summed E-state index contributed by atoms with van der Waals surface area (Å²) in [6.45, 7) is 4.69. The Bertz CT molecular complexity index is 785. The molecule has 0 aromatic heterocycles. The van der Waals surface area contributed by atoms with Gasteiger partial charge in [0.15, 0.2) is 0 Å². The van der Waals surface area contributed by atoms with E-state index < -0.39 is 18.0 Å². The highest BCUT2D eigenvalue weighted by molar-refractivity contribution is 6.00. The highest BCUT2D eigenvalue weighted by atomic mass is 35.5. The average Bonchev–Trinajstić information content (AvgIpc) is 2.69. The monoisotopic (exact) mass is 435 g/mol. The van der Waals surface area contributed by atoms with Crippen LogP contribution >= 0.6 is 12.4 Å². The van der Waals surface area contributed by atoms with Crippen molar-refractivity contribution in [2.45, 2.75) is 45.2 Å². The maximum Gasteiger partial charge on any atom is 0.243 e. The van der Waals surface area contributed by atoms with Gasteiger partial charge in [-0.15, -0.1) is 12.4 Å². The van der Waals surface area contributed by atoms with Gasteiger partial charge in [-0.3, -0.25) is 14.9 Å². The molecule has 2 rings (SSSR count). The molecule has 0 heterocycles. The number of hydrogen-bond acceptors (Lipinski definition) is 4. The average molecular weight is 436 g/mol. The molecule has 0 aliphatic heterocycles. The third-order valence-electron chi connectivity index (χ3n) is 4.62. The lowest BCUT2D eigenvalue weighted by molar-refractivity contribution is -0.132. The highest BCUT2D eigenvalue weighted by Gasteiger charge is 2.23. The maximum atomic E-state index is 13.0. The Kier molecular flexibility index (Phi) is 11.3. The minimum absolute atomic E-state index is 0. The van der Waals surface area contributed by atoms with Gasteiger partial charge in [0, 0.05) is 0 Å². The van der Waals surface area contributed by atoms with Crippen LogP contribution in [0.4, 0.5) is 4.39 Å². The first-order chi connectivity index (χ1) is 13.8. The molecule has 1 unspecified atom stereocenters. The fourth-order valence-electron chi connectivity index (χ4n) is 3.06. The summed E-state index contributed by atoms with van der Waals surface area (Å²) in [5.74, 6) is -0.956. The number of benzene rings is 2. The van der Waals surface area contributed by atoms with E-state index in [1.165, 1.54) is 17.7 Å². The van der Waals surface area contributed by atoms with Gasteiger partial charge in [-0.2, -0.15) is 0 Å². The van der Waals surface area contributed by atoms with Gasteiger partial charge >= 0.3 is 0 Å². The van der Waals surface area contributed by atoms with Gasteiger partial charge in [0.25, 0.3) is 0 Å². The first-order valence-corrected chi connectivity index (χ1v) is 9.97. The summed E-state index contributed by atoms with van der Waals surface area (Å²) in [7, 11) is 0. The molecule has 2 atom stereocenters. The molecule has 7 heteroatoms. The summed E-state index contributed by atoms with van der Waals surface area (Å²) in [6, 6.07) is 14.5. The molecule has 2 aromatic rings. The Labute approximate surface area is 184 Å². The Morgan fingerprint density at radius 2 is 1.60 bits per heavy atom. The first kappa shape index (κ1) is 25.8. The van der Waals surface area contributed by atoms with E-state index in [1.807, 2.05) is 44.2 Å². The van der Waals surface area contributed by atoms with E-state index in [1.54, 1.807) is 12.1 Å². The van der Waals surface area contributed by atoms with Gasteiger partial charge in [-0.05, 0) is 55.0 Å². The van der Waals surface area contributed by atoms with Crippen molar-refractivity contribution in [3.8, 4) is 0 Å². The van der Waals surface area contributed by atoms with Crippen LogP contribution in [0.1, 0.15) is 31.4 Å². The molecule has 0 aliphatic rings. The molecular weight excluding hydrogens is 405 g/mol.